The van der Waals surface area contributed by atoms with E-state index in [1.54, 1.807) is 49.4 Å². The smallest absolute Gasteiger partial charge is 0.254 e. The molecule has 4 rings (SSSR count). The molecule has 40 heavy (non-hydrogen) atoms. The number of allylic oxidation sites excluding steroid dienone is 2. The van der Waals surface area contributed by atoms with E-state index in [2.05, 4.69) is 22.0 Å². The van der Waals surface area contributed by atoms with Gasteiger partial charge in [0.25, 0.3) is 5.91 Å². The summed E-state index contributed by atoms with van der Waals surface area (Å²) in [6, 6.07) is 20.8. The first kappa shape index (κ1) is 28.5. The number of dihydropyridines is 1. The molecule has 0 radical (unpaired) electrons. The minimum Gasteiger partial charge on any atom is -0.495 e. The van der Waals surface area contributed by atoms with Gasteiger partial charge in [-0.05, 0) is 62.2 Å². The van der Waals surface area contributed by atoms with Crippen LogP contribution in [0.1, 0.15) is 29.5 Å². The molecular formula is C31H29FN4O3S. The molecule has 0 aromatic heterocycles. The van der Waals surface area contributed by atoms with Gasteiger partial charge < -0.3 is 20.7 Å². The Morgan fingerprint density at radius 2 is 1.75 bits per heavy atom. The van der Waals surface area contributed by atoms with Crippen molar-refractivity contribution in [1.82, 2.24) is 5.32 Å². The standard InChI is InChI=1S/C31H29FN4O3S/c1-18-13-14-21(15-19(18)2)35-27(37)17-40-31-23(16-33)29(22-9-5-6-10-24(22)32)28(20(3)34-31)30(38)36-25-11-7-8-12-26(25)39-4/h5-15,29,34H,17H2,1-4H3,(H,35,37)(H,36,38)/t29-/m0/s1. The average molecular weight is 557 g/mol. The van der Waals surface area contributed by atoms with Crippen molar-refractivity contribution in [1.29, 1.82) is 5.26 Å². The van der Waals surface area contributed by atoms with Gasteiger partial charge in [0.2, 0.25) is 5.91 Å². The van der Waals surface area contributed by atoms with Crippen LogP contribution in [0.2, 0.25) is 0 Å². The van der Waals surface area contributed by atoms with Crippen molar-refractivity contribution in [2.45, 2.75) is 26.7 Å². The summed E-state index contributed by atoms with van der Waals surface area (Å²) in [6.07, 6.45) is 0. The molecule has 0 spiro atoms. The van der Waals surface area contributed by atoms with E-state index in [4.69, 9.17) is 4.74 Å². The maximum Gasteiger partial charge on any atom is 0.254 e. The fourth-order valence-corrected chi connectivity index (χ4v) is 5.33. The number of nitriles is 1. The number of para-hydroxylation sites is 2. The Morgan fingerprint density at radius 1 is 1.02 bits per heavy atom. The van der Waals surface area contributed by atoms with Gasteiger partial charge in [-0.15, -0.1) is 0 Å². The van der Waals surface area contributed by atoms with Gasteiger partial charge in [0.15, 0.2) is 0 Å². The summed E-state index contributed by atoms with van der Waals surface area (Å²) in [5.41, 5.74) is 4.25. The first-order valence-corrected chi connectivity index (χ1v) is 13.5. The zero-order valence-electron chi connectivity index (χ0n) is 22.6. The van der Waals surface area contributed by atoms with Crippen LogP contribution in [0.3, 0.4) is 0 Å². The van der Waals surface area contributed by atoms with Gasteiger partial charge in [-0.1, -0.05) is 48.2 Å². The SMILES string of the molecule is COc1ccccc1NC(=O)C1=C(C)NC(SCC(=O)Nc2ccc(C)c(C)c2)=C(C#N)[C@@H]1c1ccccc1F. The quantitative estimate of drug-likeness (QED) is 0.307. The first-order valence-electron chi connectivity index (χ1n) is 12.5. The van der Waals surface area contributed by atoms with Crippen LogP contribution >= 0.6 is 11.8 Å². The second-order valence-electron chi connectivity index (χ2n) is 9.26. The van der Waals surface area contributed by atoms with E-state index in [9.17, 15) is 14.9 Å². The number of halogens is 1. The number of nitrogens with one attached hydrogen (secondary N) is 3. The lowest BCUT2D eigenvalue weighted by Gasteiger charge is -2.30. The lowest BCUT2D eigenvalue weighted by Crippen LogP contribution is -2.31. The van der Waals surface area contributed by atoms with Crippen molar-refractivity contribution in [2.24, 2.45) is 0 Å². The fourth-order valence-electron chi connectivity index (χ4n) is 4.44. The van der Waals surface area contributed by atoms with Crippen LogP contribution in [-0.2, 0) is 9.59 Å². The minimum atomic E-state index is -0.993. The van der Waals surface area contributed by atoms with E-state index in [1.165, 1.54) is 13.2 Å². The zero-order valence-corrected chi connectivity index (χ0v) is 23.4. The highest BCUT2D eigenvalue weighted by molar-refractivity contribution is 8.03. The van der Waals surface area contributed by atoms with Crippen LogP contribution in [0, 0.1) is 31.0 Å². The van der Waals surface area contributed by atoms with Crippen LogP contribution in [0.15, 0.2) is 88.6 Å². The van der Waals surface area contributed by atoms with Crippen LogP contribution in [-0.4, -0.2) is 24.7 Å². The van der Waals surface area contributed by atoms with Crippen molar-refractivity contribution in [3.63, 3.8) is 0 Å². The third kappa shape index (κ3) is 6.19. The largest absolute Gasteiger partial charge is 0.495 e. The molecule has 0 saturated carbocycles. The molecule has 7 nitrogen and oxygen atoms in total. The molecular weight excluding hydrogens is 527 g/mol. The van der Waals surface area contributed by atoms with E-state index in [-0.39, 0.29) is 28.4 Å². The van der Waals surface area contributed by atoms with Crippen molar-refractivity contribution >= 4 is 35.0 Å². The number of aryl methyl sites for hydroxylation is 2. The summed E-state index contributed by atoms with van der Waals surface area (Å²) < 4.78 is 20.5. The number of benzene rings is 3. The summed E-state index contributed by atoms with van der Waals surface area (Å²) in [6.45, 7) is 5.65. The molecule has 9 heteroatoms. The maximum atomic E-state index is 15.1. The van der Waals surface area contributed by atoms with Crippen LogP contribution in [0.4, 0.5) is 15.8 Å². The highest BCUT2D eigenvalue weighted by Crippen LogP contribution is 2.42. The lowest BCUT2D eigenvalue weighted by atomic mass is 9.82. The molecule has 0 unspecified atom stereocenters. The van der Waals surface area contributed by atoms with Gasteiger partial charge in [0, 0.05) is 22.5 Å². The van der Waals surface area contributed by atoms with Gasteiger partial charge in [0.1, 0.15) is 11.6 Å². The minimum absolute atomic E-state index is 0.000450. The molecule has 3 aromatic carbocycles. The lowest BCUT2D eigenvalue weighted by molar-refractivity contribution is -0.114. The molecule has 0 aliphatic carbocycles. The number of ether oxygens (including phenoxy) is 1. The number of anilines is 2. The van der Waals surface area contributed by atoms with Crippen molar-refractivity contribution in [2.75, 3.05) is 23.5 Å². The van der Waals surface area contributed by atoms with Crippen molar-refractivity contribution < 1.29 is 18.7 Å². The summed E-state index contributed by atoms with van der Waals surface area (Å²) in [5.74, 6) is -1.85. The first-order chi connectivity index (χ1) is 19.2. The molecule has 2 amide bonds. The molecule has 1 heterocycles. The predicted octanol–water partition coefficient (Wildman–Crippen LogP) is 6.16. The molecule has 204 valence electrons. The topological polar surface area (TPSA) is 103 Å². The summed E-state index contributed by atoms with van der Waals surface area (Å²) >= 11 is 1.12. The molecule has 1 aliphatic rings. The number of carbonyl (C=O) groups is 2. The zero-order chi connectivity index (χ0) is 28.8. The fraction of sp³-hybridized carbons (Fsp3) is 0.194. The predicted molar refractivity (Wildman–Crippen MR) is 156 cm³/mol. The van der Waals surface area contributed by atoms with E-state index in [0.29, 0.717) is 27.9 Å². The van der Waals surface area contributed by atoms with Crippen molar-refractivity contribution in [3.8, 4) is 11.8 Å². The normalized spacial score (nSPS) is 14.8. The molecule has 0 bridgehead atoms. The number of nitrogens with zero attached hydrogens (tertiary/aromatic N) is 1. The van der Waals surface area contributed by atoms with Gasteiger partial charge in [-0.25, -0.2) is 4.39 Å². The second-order valence-corrected chi connectivity index (χ2v) is 10.2. The molecule has 0 saturated heterocycles. The van der Waals surface area contributed by atoms with Crippen molar-refractivity contribution in [3.05, 3.63) is 111 Å². The van der Waals surface area contributed by atoms with Crippen LogP contribution in [0.5, 0.6) is 5.75 Å². The Morgan fingerprint density at radius 3 is 2.45 bits per heavy atom. The molecule has 3 aromatic rings. The van der Waals surface area contributed by atoms with E-state index >= 15 is 4.39 Å². The van der Waals surface area contributed by atoms with Gasteiger partial charge in [0.05, 0.1) is 41.1 Å². The van der Waals surface area contributed by atoms with E-state index in [1.807, 2.05) is 32.0 Å². The molecule has 3 N–H and O–H groups in total. The Hall–Kier alpha value is -4.55. The van der Waals surface area contributed by atoms with Gasteiger partial charge >= 0.3 is 0 Å². The second kappa shape index (κ2) is 12.5. The molecule has 1 atom stereocenters. The summed E-state index contributed by atoms with van der Waals surface area (Å²) in [5, 5.41) is 19.5. The summed E-state index contributed by atoms with van der Waals surface area (Å²) in [7, 11) is 1.50. The van der Waals surface area contributed by atoms with Crippen LogP contribution in [0.25, 0.3) is 0 Å². The Balaban J connectivity index is 1.65. The number of thioether (sulfide) groups is 1. The Kier molecular flexibility index (Phi) is 8.92. The van der Waals surface area contributed by atoms with Crippen LogP contribution < -0.4 is 20.7 Å². The third-order valence-corrected chi connectivity index (χ3v) is 7.62. The number of methoxy groups -OCH3 is 1. The number of amides is 2. The average Bonchev–Trinajstić information content (AvgIpc) is 2.94. The highest BCUT2D eigenvalue weighted by Gasteiger charge is 2.36. The number of rotatable bonds is 8. The Bertz CT molecular complexity index is 1570. The van der Waals surface area contributed by atoms with Gasteiger partial charge in [-0.2, -0.15) is 5.26 Å². The van der Waals surface area contributed by atoms with E-state index < -0.39 is 17.6 Å². The van der Waals surface area contributed by atoms with E-state index in [0.717, 1.165) is 22.9 Å². The summed E-state index contributed by atoms with van der Waals surface area (Å²) in [4.78, 5) is 26.4. The van der Waals surface area contributed by atoms with Gasteiger partial charge in [-0.3, -0.25) is 9.59 Å². The molecule has 1 aliphatic heterocycles. The number of hydrogen-bond donors (Lipinski definition) is 3. The highest BCUT2D eigenvalue weighted by atomic mass is 32.2. The monoisotopic (exact) mass is 556 g/mol. The number of carbonyl (C=O) groups excluding carboxylic acids is 2. The Labute approximate surface area is 237 Å². The third-order valence-electron chi connectivity index (χ3n) is 6.60. The number of hydrogen-bond acceptors (Lipinski definition) is 6. The molecule has 0 fully saturated rings. The maximum absolute atomic E-state index is 15.1.